The van der Waals surface area contributed by atoms with Gasteiger partial charge in [0.05, 0.1) is 39.7 Å². The van der Waals surface area contributed by atoms with E-state index in [4.69, 9.17) is 28.4 Å². The molecular formula is C19H21NO9. The highest BCUT2D eigenvalue weighted by molar-refractivity contribution is 5.97. The summed E-state index contributed by atoms with van der Waals surface area (Å²) in [5.74, 6) is -2.26. The maximum atomic E-state index is 12.7. The van der Waals surface area contributed by atoms with Crippen LogP contribution in [0.3, 0.4) is 0 Å². The first kappa shape index (κ1) is 20.5. The SMILES string of the molecule is COCC1=Cc2cc3c(cc2C(C(C(=O)OC)C(=O)OC)N1C(=O)OC)OCO3. The van der Waals surface area contributed by atoms with Crippen LogP contribution in [-0.4, -0.2) is 64.8 Å². The van der Waals surface area contributed by atoms with Gasteiger partial charge in [0.1, 0.15) is 0 Å². The van der Waals surface area contributed by atoms with Gasteiger partial charge in [-0.05, 0) is 29.3 Å². The van der Waals surface area contributed by atoms with E-state index in [1.54, 1.807) is 18.2 Å². The van der Waals surface area contributed by atoms with E-state index in [9.17, 15) is 14.4 Å². The van der Waals surface area contributed by atoms with E-state index in [0.717, 1.165) is 14.2 Å². The lowest BCUT2D eigenvalue weighted by molar-refractivity contribution is -0.161. The van der Waals surface area contributed by atoms with Crippen molar-refractivity contribution in [2.24, 2.45) is 5.92 Å². The van der Waals surface area contributed by atoms with Crippen molar-refractivity contribution in [3.63, 3.8) is 0 Å². The average molecular weight is 407 g/mol. The van der Waals surface area contributed by atoms with Crippen LogP contribution in [0.4, 0.5) is 4.79 Å². The van der Waals surface area contributed by atoms with Gasteiger partial charge < -0.3 is 28.4 Å². The Morgan fingerprint density at radius 3 is 2.21 bits per heavy atom. The second-order valence-corrected chi connectivity index (χ2v) is 6.21. The van der Waals surface area contributed by atoms with Crippen molar-refractivity contribution in [2.45, 2.75) is 6.04 Å². The maximum absolute atomic E-state index is 12.7. The lowest BCUT2D eigenvalue weighted by Crippen LogP contribution is -2.46. The summed E-state index contributed by atoms with van der Waals surface area (Å²) in [6.07, 6.45) is 0.916. The van der Waals surface area contributed by atoms with Crippen LogP contribution in [0.1, 0.15) is 17.2 Å². The largest absolute Gasteiger partial charge is 0.468 e. The van der Waals surface area contributed by atoms with Crippen molar-refractivity contribution in [3.8, 4) is 11.5 Å². The smallest absolute Gasteiger partial charge is 0.414 e. The van der Waals surface area contributed by atoms with Crippen LogP contribution < -0.4 is 9.47 Å². The molecule has 0 aliphatic carbocycles. The van der Waals surface area contributed by atoms with Crippen LogP contribution in [0.2, 0.25) is 0 Å². The summed E-state index contributed by atoms with van der Waals surface area (Å²) in [6.45, 7) is 0.0598. The molecule has 29 heavy (non-hydrogen) atoms. The molecule has 0 bridgehead atoms. The van der Waals surface area contributed by atoms with Crippen molar-refractivity contribution in [1.29, 1.82) is 0 Å². The minimum absolute atomic E-state index is 0.0224. The summed E-state index contributed by atoms with van der Waals surface area (Å²) in [5, 5.41) is 0. The van der Waals surface area contributed by atoms with Gasteiger partial charge in [-0.3, -0.25) is 14.5 Å². The molecule has 2 heterocycles. The molecule has 10 heteroatoms. The third kappa shape index (κ3) is 3.58. The summed E-state index contributed by atoms with van der Waals surface area (Å²) in [4.78, 5) is 39.0. The van der Waals surface area contributed by atoms with Crippen LogP contribution in [0.15, 0.2) is 17.8 Å². The monoisotopic (exact) mass is 407 g/mol. The van der Waals surface area contributed by atoms with Gasteiger partial charge in [0.25, 0.3) is 0 Å². The quantitative estimate of drug-likeness (QED) is 0.407. The van der Waals surface area contributed by atoms with Gasteiger partial charge in [-0.1, -0.05) is 0 Å². The molecule has 2 aliphatic rings. The lowest BCUT2D eigenvalue weighted by atomic mass is 9.85. The molecule has 0 saturated heterocycles. The Hall–Kier alpha value is -3.27. The highest BCUT2D eigenvalue weighted by atomic mass is 16.7. The Bertz CT molecular complexity index is 847. The number of esters is 2. The number of carbonyl (C=O) groups is 3. The Morgan fingerprint density at radius 1 is 1.03 bits per heavy atom. The zero-order valence-electron chi connectivity index (χ0n) is 16.4. The third-order valence-electron chi connectivity index (χ3n) is 4.70. The number of fused-ring (bicyclic) bond motifs is 2. The number of hydrogen-bond donors (Lipinski definition) is 0. The number of nitrogens with zero attached hydrogens (tertiary/aromatic N) is 1. The van der Waals surface area contributed by atoms with Gasteiger partial charge in [-0.25, -0.2) is 4.79 Å². The Balaban J connectivity index is 2.25. The molecule has 0 saturated carbocycles. The molecule has 1 atom stereocenters. The first-order valence-corrected chi connectivity index (χ1v) is 8.62. The van der Waals surface area contributed by atoms with E-state index in [-0.39, 0.29) is 13.4 Å². The fourth-order valence-electron chi connectivity index (χ4n) is 3.45. The summed E-state index contributed by atoms with van der Waals surface area (Å²) in [6, 6.07) is 2.22. The fourth-order valence-corrected chi connectivity index (χ4v) is 3.45. The predicted molar refractivity (Wildman–Crippen MR) is 96.9 cm³/mol. The van der Waals surface area contributed by atoms with Crippen molar-refractivity contribution in [3.05, 3.63) is 29.0 Å². The first-order valence-electron chi connectivity index (χ1n) is 8.62. The summed E-state index contributed by atoms with van der Waals surface area (Å²) < 4.78 is 30.6. The topological polar surface area (TPSA) is 110 Å². The summed E-state index contributed by atoms with van der Waals surface area (Å²) in [5.41, 5.74) is 1.48. The molecule has 1 aromatic rings. The molecule has 0 spiro atoms. The van der Waals surface area contributed by atoms with Gasteiger partial charge in [0.2, 0.25) is 6.79 Å². The maximum Gasteiger partial charge on any atom is 0.414 e. The van der Waals surface area contributed by atoms with E-state index in [1.165, 1.54) is 19.1 Å². The van der Waals surface area contributed by atoms with Gasteiger partial charge in [0.15, 0.2) is 17.4 Å². The number of benzene rings is 1. The molecule has 1 unspecified atom stereocenters. The molecule has 0 radical (unpaired) electrons. The molecule has 1 amide bonds. The number of hydrogen-bond acceptors (Lipinski definition) is 9. The lowest BCUT2D eigenvalue weighted by Gasteiger charge is -2.38. The minimum atomic E-state index is -1.47. The molecule has 3 rings (SSSR count). The number of methoxy groups -OCH3 is 4. The van der Waals surface area contributed by atoms with Crippen LogP contribution in [0.25, 0.3) is 6.08 Å². The van der Waals surface area contributed by atoms with Crippen molar-refractivity contribution in [2.75, 3.05) is 41.8 Å². The summed E-state index contributed by atoms with van der Waals surface area (Å²) in [7, 11) is 4.95. The van der Waals surface area contributed by atoms with Gasteiger partial charge in [0, 0.05) is 7.11 Å². The van der Waals surface area contributed by atoms with Gasteiger partial charge in [-0.2, -0.15) is 0 Å². The first-order chi connectivity index (χ1) is 14.0. The fraction of sp³-hybridized carbons (Fsp3) is 0.421. The second kappa shape index (κ2) is 8.39. The van der Waals surface area contributed by atoms with Gasteiger partial charge in [-0.15, -0.1) is 0 Å². The minimum Gasteiger partial charge on any atom is -0.468 e. The van der Waals surface area contributed by atoms with Crippen molar-refractivity contribution < 1.29 is 42.8 Å². The number of rotatable bonds is 5. The van der Waals surface area contributed by atoms with Crippen molar-refractivity contribution >= 4 is 24.1 Å². The highest BCUT2D eigenvalue weighted by Gasteiger charge is 2.47. The second-order valence-electron chi connectivity index (χ2n) is 6.21. The molecule has 2 aliphatic heterocycles. The van der Waals surface area contributed by atoms with E-state index in [1.807, 2.05) is 0 Å². The normalized spacial score (nSPS) is 16.8. The van der Waals surface area contributed by atoms with E-state index in [2.05, 4.69) is 0 Å². The molecule has 0 N–H and O–H groups in total. The Labute approximate surface area is 166 Å². The molecule has 156 valence electrons. The molecule has 10 nitrogen and oxygen atoms in total. The Morgan fingerprint density at radius 2 is 1.66 bits per heavy atom. The Kier molecular flexibility index (Phi) is 5.92. The molecule has 0 aromatic heterocycles. The van der Waals surface area contributed by atoms with Crippen LogP contribution in [-0.2, 0) is 28.5 Å². The van der Waals surface area contributed by atoms with E-state index < -0.39 is 30.0 Å². The van der Waals surface area contributed by atoms with Gasteiger partial charge >= 0.3 is 18.0 Å². The standard InChI is InChI=1S/C19H21NO9/c1-24-8-11-5-10-6-13-14(29-9-28-13)7-12(10)16(20(11)19(23)27-4)15(17(21)25-2)18(22)26-3/h5-7,15-16H,8-9H2,1-4H3. The molecule has 1 aromatic carbocycles. The predicted octanol–water partition coefficient (Wildman–Crippen LogP) is 1.49. The van der Waals surface area contributed by atoms with Crippen LogP contribution in [0.5, 0.6) is 11.5 Å². The number of ether oxygens (including phenoxy) is 6. The van der Waals surface area contributed by atoms with Crippen molar-refractivity contribution in [1.82, 2.24) is 4.90 Å². The number of amides is 1. The average Bonchev–Trinajstić information content (AvgIpc) is 3.19. The third-order valence-corrected chi connectivity index (χ3v) is 4.70. The van der Waals surface area contributed by atoms with Crippen LogP contribution >= 0.6 is 0 Å². The van der Waals surface area contributed by atoms with E-state index >= 15 is 0 Å². The van der Waals surface area contributed by atoms with E-state index in [0.29, 0.717) is 28.3 Å². The summed E-state index contributed by atoms with van der Waals surface area (Å²) >= 11 is 0. The highest BCUT2D eigenvalue weighted by Crippen LogP contribution is 2.45. The van der Waals surface area contributed by atoms with Crippen LogP contribution in [0, 0.1) is 5.92 Å². The zero-order chi connectivity index (χ0) is 21.1. The number of carbonyl (C=O) groups excluding carboxylic acids is 3. The molecular weight excluding hydrogens is 386 g/mol. The zero-order valence-corrected chi connectivity index (χ0v) is 16.4. The molecule has 0 fully saturated rings.